The van der Waals surface area contributed by atoms with Gasteiger partial charge in [-0.3, -0.25) is 14.4 Å². The van der Waals surface area contributed by atoms with Crippen molar-refractivity contribution in [1.29, 1.82) is 0 Å². The summed E-state index contributed by atoms with van der Waals surface area (Å²) in [6.07, 6.45) is 0.487. The summed E-state index contributed by atoms with van der Waals surface area (Å²) in [5.74, 6) is -1.99. The second-order valence-corrected chi connectivity index (χ2v) is 11.2. The molecule has 1 amide bonds. The number of benzene rings is 4. The molecule has 2 aliphatic rings. The first kappa shape index (κ1) is 28.8. The summed E-state index contributed by atoms with van der Waals surface area (Å²) in [6, 6.07) is 38.2. The van der Waals surface area contributed by atoms with Gasteiger partial charge in [-0.2, -0.15) is 5.06 Å². The highest BCUT2D eigenvalue weighted by Crippen LogP contribution is 2.44. The van der Waals surface area contributed by atoms with E-state index < -0.39 is 23.7 Å². The summed E-state index contributed by atoms with van der Waals surface area (Å²) in [5.41, 5.74) is 2.73. The van der Waals surface area contributed by atoms with Gasteiger partial charge in [0.15, 0.2) is 11.6 Å². The van der Waals surface area contributed by atoms with Crippen molar-refractivity contribution in [2.24, 2.45) is 5.92 Å². The molecule has 220 valence electrons. The van der Waals surface area contributed by atoms with Crippen LogP contribution in [0.1, 0.15) is 35.6 Å². The van der Waals surface area contributed by atoms with Gasteiger partial charge >= 0.3 is 5.97 Å². The molecule has 0 radical (unpaired) electrons. The normalized spacial score (nSPS) is 23.3. The number of hydrogen-bond acceptors (Lipinski definition) is 6. The van der Waals surface area contributed by atoms with E-state index in [1.807, 2.05) is 133 Å². The minimum atomic E-state index is -1.11. The van der Waals surface area contributed by atoms with E-state index in [0.29, 0.717) is 26.2 Å². The van der Waals surface area contributed by atoms with Crippen LogP contribution >= 0.6 is 0 Å². The van der Waals surface area contributed by atoms with Gasteiger partial charge in [0.05, 0.1) is 25.3 Å². The standard InChI is InChI=1S/C36H36N2O5/c1-36(30-20-12-5-13-21-30)38-31(26-42-36)22-32(33(34(38)39)35(40)41-24-28-16-8-3-9-17-28)37(23-27-14-6-2-7-15-27)43-25-29-18-10-4-11-19-29/h2-21,31-33H,22-26H2,1H3/t31-,32+,33-,36-/m0/s1. The summed E-state index contributed by atoms with van der Waals surface area (Å²) in [7, 11) is 0. The fourth-order valence-corrected chi connectivity index (χ4v) is 6.13. The minimum Gasteiger partial charge on any atom is -0.460 e. The van der Waals surface area contributed by atoms with Crippen molar-refractivity contribution in [3.8, 4) is 0 Å². The van der Waals surface area contributed by atoms with Crippen LogP contribution < -0.4 is 0 Å². The summed E-state index contributed by atoms with van der Waals surface area (Å²) >= 11 is 0. The quantitative estimate of drug-likeness (QED) is 0.134. The van der Waals surface area contributed by atoms with Crippen LogP contribution in [-0.2, 0) is 49.4 Å². The molecule has 0 unspecified atom stereocenters. The molecule has 0 aromatic heterocycles. The summed E-state index contributed by atoms with van der Waals surface area (Å²) in [6.45, 7) is 3.04. The third kappa shape index (κ3) is 6.25. The molecule has 2 saturated heterocycles. The fourth-order valence-electron chi connectivity index (χ4n) is 6.13. The lowest BCUT2D eigenvalue weighted by Gasteiger charge is -2.46. The molecule has 0 saturated carbocycles. The maximum Gasteiger partial charge on any atom is 0.320 e. The van der Waals surface area contributed by atoms with E-state index in [2.05, 4.69) is 0 Å². The number of ether oxygens (including phenoxy) is 2. The number of rotatable bonds is 10. The monoisotopic (exact) mass is 576 g/mol. The van der Waals surface area contributed by atoms with Gasteiger partial charge in [-0.1, -0.05) is 121 Å². The van der Waals surface area contributed by atoms with Crippen molar-refractivity contribution in [1.82, 2.24) is 9.96 Å². The fraction of sp³-hybridized carbons (Fsp3) is 0.278. The van der Waals surface area contributed by atoms with Gasteiger partial charge in [0.25, 0.3) is 0 Å². The Labute approximate surface area is 252 Å². The van der Waals surface area contributed by atoms with Gasteiger partial charge in [-0.25, -0.2) is 0 Å². The average Bonchev–Trinajstić information content (AvgIpc) is 3.41. The summed E-state index contributed by atoms with van der Waals surface area (Å²) in [4.78, 5) is 36.7. The van der Waals surface area contributed by atoms with E-state index >= 15 is 0 Å². The Kier molecular flexibility index (Phi) is 8.65. The number of fused-ring (bicyclic) bond motifs is 1. The highest BCUT2D eigenvalue weighted by Gasteiger charge is 2.58. The summed E-state index contributed by atoms with van der Waals surface area (Å²) < 4.78 is 12.2. The molecule has 4 atom stereocenters. The maximum atomic E-state index is 14.6. The van der Waals surface area contributed by atoms with Crippen LogP contribution in [0.3, 0.4) is 0 Å². The van der Waals surface area contributed by atoms with Crippen LogP contribution in [0.25, 0.3) is 0 Å². The first-order valence-electron chi connectivity index (χ1n) is 14.7. The topological polar surface area (TPSA) is 68.3 Å². The maximum absolute atomic E-state index is 14.6. The lowest BCUT2D eigenvalue weighted by atomic mass is 9.85. The zero-order chi connectivity index (χ0) is 29.6. The number of carbonyl (C=O) groups excluding carboxylic acids is 2. The third-order valence-electron chi connectivity index (χ3n) is 8.36. The van der Waals surface area contributed by atoms with Crippen molar-refractivity contribution in [2.75, 3.05) is 6.61 Å². The molecular formula is C36H36N2O5. The molecule has 2 aliphatic heterocycles. The molecular weight excluding hydrogens is 540 g/mol. The largest absolute Gasteiger partial charge is 0.460 e. The van der Waals surface area contributed by atoms with Crippen LogP contribution in [0.15, 0.2) is 121 Å². The van der Waals surface area contributed by atoms with Crippen molar-refractivity contribution in [2.45, 2.75) is 50.9 Å². The van der Waals surface area contributed by atoms with Crippen LogP contribution in [0.4, 0.5) is 0 Å². The average molecular weight is 577 g/mol. The number of carbonyl (C=O) groups is 2. The van der Waals surface area contributed by atoms with Gasteiger partial charge < -0.3 is 14.4 Å². The van der Waals surface area contributed by atoms with E-state index in [-0.39, 0.29) is 18.6 Å². The molecule has 4 aromatic carbocycles. The number of hydroxylamine groups is 2. The molecule has 2 fully saturated rings. The van der Waals surface area contributed by atoms with Crippen LogP contribution in [-0.4, -0.2) is 40.5 Å². The zero-order valence-electron chi connectivity index (χ0n) is 24.3. The molecule has 6 rings (SSSR count). The van der Waals surface area contributed by atoms with E-state index in [1.165, 1.54) is 0 Å². The summed E-state index contributed by atoms with van der Waals surface area (Å²) in [5, 5.41) is 1.81. The molecule has 0 bridgehead atoms. The van der Waals surface area contributed by atoms with Crippen LogP contribution in [0.2, 0.25) is 0 Å². The van der Waals surface area contributed by atoms with Gasteiger partial charge in [-0.05, 0) is 30.0 Å². The Morgan fingerprint density at radius 2 is 1.35 bits per heavy atom. The van der Waals surface area contributed by atoms with Crippen molar-refractivity contribution < 1.29 is 23.9 Å². The first-order chi connectivity index (χ1) is 21.0. The lowest BCUT2D eigenvalue weighted by molar-refractivity contribution is -0.230. The Bertz CT molecular complexity index is 1500. The second kappa shape index (κ2) is 12.9. The van der Waals surface area contributed by atoms with Crippen LogP contribution in [0.5, 0.6) is 0 Å². The first-order valence-corrected chi connectivity index (χ1v) is 14.7. The molecule has 7 nitrogen and oxygen atoms in total. The van der Waals surface area contributed by atoms with Crippen molar-refractivity contribution >= 4 is 11.9 Å². The number of amides is 1. The van der Waals surface area contributed by atoms with Gasteiger partial charge in [0, 0.05) is 12.1 Å². The Morgan fingerprint density at radius 1 is 0.814 bits per heavy atom. The zero-order valence-corrected chi connectivity index (χ0v) is 24.3. The Balaban J connectivity index is 1.34. The predicted molar refractivity (Wildman–Crippen MR) is 162 cm³/mol. The van der Waals surface area contributed by atoms with Crippen molar-refractivity contribution in [3.05, 3.63) is 144 Å². The van der Waals surface area contributed by atoms with Gasteiger partial charge in [0.2, 0.25) is 5.91 Å². The van der Waals surface area contributed by atoms with Crippen LogP contribution in [0, 0.1) is 5.92 Å². The number of esters is 1. The molecule has 4 aromatic rings. The number of nitrogens with zero attached hydrogens (tertiary/aromatic N) is 2. The molecule has 2 heterocycles. The smallest absolute Gasteiger partial charge is 0.320 e. The van der Waals surface area contributed by atoms with E-state index in [1.54, 1.807) is 4.90 Å². The van der Waals surface area contributed by atoms with E-state index in [9.17, 15) is 9.59 Å². The predicted octanol–water partition coefficient (Wildman–Crippen LogP) is 5.85. The van der Waals surface area contributed by atoms with Gasteiger partial charge in [0.1, 0.15) is 6.61 Å². The van der Waals surface area contributed by atoms with Crippen molar-refractivity contribution in [3.63, 3.8) is 0 Å². The number of piperidine rings is 1. The molecule has 43 heavy (non-hydrogen) atoms. The number of hydrogen-bond donors (Lipinski definition) is 0. The molecule has 0 N–H and O–H groups in total. The third-order valence-corrected chi connectivity index (χ3v) is 8.36. The SMILES string of the molecule is C[C@@]1(c2ccccc2)OC[C@@H]2C[C@@H](N(Cc3ccccc3)OCc3ccccc3)[C@H](C(=O)OCc3ccccc3)C(=O)N21. The molecule has 7 heteroatoms. The Hall–Kier alpha value is -4.30. The van der Waals surface area contributed by atoms with Gasteiger partial charge in [-0.15, -0.1) is 0 Å². The molecule has 0 aliphatic carbocycles. The highest BCUT2D eigenvalue weighted by atomic mass is 16.7. The lowest BCUT2D eigenvalue weighted by Crippen LogP contribution is -2.62. The van der Waals surface area contributed by atoms with E-state index in [4.69, 9.17) is 14.3 Å². The molecule has 0 spiro atoms. The Morgan fingerprint density at radius 3 is 1.95 bits per heavy atom. The van der Waals surface area contributed by atoms with E-state index in [0.717, 1.165) is 22.3 Å². The second-order valence-electron chi connectivity index (χ2n) is 11.2. The minimum absolute atomic E-state index is 0.0790. The highest BCUT2D eigenvalue weighted by molar-refractivity contribution is 6.00.